The molecule has 1 aromatic carbocycles. The van der Waals surface area contributed by atoms with Crippen molar-refractivity contribution < 1.29 is 9.53 Å². The van der Waals surface area contributed by atoms with E-state index in [1.165, 1.54) is 19.0 Å². The minimum atomic E-state index is -0.245. The van der Waals surface area contributed by atoms with E-state index in [9.17, 15) is 4.79 Å². The van der Waals surface area contributed by atoms with Gasteiger partial charge in [0.05, 0.1) is 29.1 Å². The van der Waals surface area contributed by atoms with Crippen molar-refractivity contribution in [3.63, 3.8) is 0 Å². The Labute approximate surface area is 204 Å². The largest absolute Gasteiger partial charge is 0.492 e. The van der Waals surface area contributed by atoms with Crippen LogP contribution in [0.2, 0.25) is 5.02 Å². The number of carbonyl (C=O) groups is 1. The van der Waals surface area contributed by atoms with Gasteiger partial charge in [0.1, 0.15) is 11.6 Å². The Kier molecular flexibility index (Phi) is 7.17. The van der Waals surface area contributed by atoms with Crippen molar-refractivity contribution in [3.8, 4) is 17.0 Å². The van der Waals surface area contributed by atoms with Crippen LogP contribution >= 0.6 is 11.6 Å². The number of nitrogens with zero attached hydrogens (tertiary/aromatic N) is 5. The number of amides is 1. The highest BCUT2D eigenvalue weighted by atomic mass is 35.5. The van der Waals surface area contributed by atoms with Gasteiger partial charge in [-0.1, -0.05) is 11.6 Å². The molecule has 178 valence electrons. The summed E-state index contributed by atoms with van der Waals surface area (Å²) in [5.74, 6) is 1.86. The van der Waals surface area contributed by atoms with Crippen LogP contribution < -0.4 is 19.9 Å². The lowest BCUT2D eigenvalue weighted by atomic mass is 10.1. The van der Waals surface area contributed by atoms with Gasteiger partial charge in [-0.3, -0.25) is 4.79 Å². The molecule has 3 aromatic rings. The smallest absolute Gasteiger partial charge is 0.253 e. The zero-order valence-electron chi connectivity index (χ0n) is 19.9. The first kappa shape index (κ1) is 23.8. The second-order valence-corrected chi connectivity index (χ2v) is 9.24. The van der Waals surface area contributed by atoms with E-state index in [4.69, 9.17) is 16.3 Å². The maximum absolute atomic E-state index is 13.0. The average Bonchev–Trinajstić information content (AvgIpc) is 3.66. The van der Waals surface area contributed by atoms with E-state index in [1.807, 2.05) is 56.2 Å². The number of aromatic nitrogens is 3. The number of anilines is 2. The fourth-order valence-electron chi connectivity index (χ4n) is 3.62. The minimum Gasteiger partial charge on any atom is -0.492 e. The summed E-state index contributed by atoms with van der Waals surface area (Å²) in [7, 11) is 7.79. The van der Waals surface area contributed by atoms with Gasteiger partial charge >= 0.3 is 0 Å². The highest BCUT2D eigenvalue weighted by molar-refractivity contribution is 6.32. The molecule has 2 heterocycles. The molecule has 9 heteroatoms. The second-order valence-electron chi connectivity index (χ2n) is 8.83. The SMILES string of the molecule is CN(C)c1ccnc(N(C)C)c1CNC(=O)c1cnnc(-c2ccc(OCC3CC3)c(Cl)c2)c1. The summed E-state index contributed by atoms with van der Waals surface area (Å²) in [6, 6.07) is 9.15. The van der Waals surface area contributed by atoms with Crippen molar-refractivity contribution in [1.29, 1.82) is 0 Å². The average molecular weight is 481 g/mol. The zero-order valence-corrected chi connectivity index (χ0v) is 20.6. The van der Waals surface area contributed by atoms with Crippen LogP contribution in [0.15, 0.2) is 42.7 Å². The van der Waals surface area contributed by atoms with Gasteiger partial charge in [-0.15, -0.1) is 0 Å². The second kappa shape index (κ2) is 10.3. The fraction of sp³-hybridized carbons (Fsp3) is 0.360. The first-order chi connectivity index (χ1) is 16.3. The zero-order chi connectivity index (χ0) is 24.2. The maximum atomic E-state index is 13.0. The Balaban J connectivity index is 1.49. The van der Waals surface area contributed by atoms with Gasteiger partial charge in [-0.25, -0.2) is 4.98 Å². The summed E-state index contributed by atoms with van der Waals surface area (Å²) in [4.78, 5) is 21.4. The summed E-state index contributed by atoms with van der Waals surface area (Å²) in [6.45, 7) is 1.01. The summed E-state index contributed by atoms with van der Waals surface area (Å²) >= 11 is 6.42. The van der Waals surface area contributed by atoms with E-state index in [0.717, 1.165) is 22.6 Å². The van der Waals surface area contributed by atoms with Crippen molar-refractivity contribution in [2.75, 3.05) is 44.6 Å². The summed E-state index contributed by atoms with van der Waals surface area (Å²) in [5.41, 5.74) is 3.67. The molecule has 4 rings (SSSR count). The molecule has 0 saturated heterocycles. The minimum absolute atomic E-state index is 0.245. The van der Waals surface area contributed by atoms with Crippen molar-refractivity contribution >= 4 is 29.0 Å². The lowest BCUT2D eigenvalue weighted by molar-refractivity contribution is 0.0950. The van der Waals surface area contributed by atoms with E-state index >= 15 is 0 Å². The van der Waals surface area contributed by atoms with E-state index in [2.05, 4.69) is 20.5 Å². The van der Waals surface area contributed by atoms with Gasteiger partial charge in [-0.2, -0.15) is 10.2 Å². The molecule has 2 aromatic heterocycles. The van der Waals surface area contributed by atoms with Crippen LogP contribution in [0, 0.1) is 5.92 Å². The molecule has 1 amide bonds. The number of hydrogen-bond acceptors (Lipinski definition) is 7. The number of ether oxygens (including phenoxy) is 1. The molecular formula is C25H29ClN6O2. The molecule has 1 aliphatic rings. The molecule has 34 heavy (non-hydrogen) atoms. The van der Waals surface area contributed by atoms with E-state index in [1.54, 1.807) is 18.3 Å². The first-order valence-electron chi connectivity index (χ1n) is 11.2. The number of carbonyl (C=O) groups excluding carboxylic acids is 1. The Morgan fingerprint density at radius 1 is 1.15 bits per heavy atom. The van der Waals surface area contributed by atoms with Crippen molar-refractivity contribution in [3.05, 3.63) is 58.9 Å². The normalized spacial score (nSPS) is 12.9. The van der Waals surface area contributed by atoms with Gasteiger partial charge in [0.2, 0.25) is 0 Å². The van der Waals surface area contributed by atoms with E-state index in [-0.39, 0.29) is 5.91 Å². The number of halogens is 1. The monoisotopic (exact) mass is 480 g/mol. The molecular weight excluding hydrogens is 452 g/mol. The Morgan fingerprint density at radius 3 is 2.62 bits per heavy atom. The van der Waals surface area contributed by atoms with Gasteiger partial charge in [-0.05, 0) is 49.1 Å². The number of nitrogens with one attached hydrogen (secondary N) is 1. The highest BCUT2D eigenvalue weighted by Gasteiger charge is 2.22. The lowest BCUT2D eigenvalue weighted by Crippen LogP contribution is -2.26. The van der Waals surface area contributed by atoms with E-state index < -0.39 is 0 Å². The third-order valence-corrected chi connectivity index (χ3v) is 5.95. The topological polar surface area (TPSA) is 83.5 Å². The van der Waals surface area contributed by atoms with E-state index in [0.29, 0.717) is 41.1 Å². The molecule has 1 aliphatic carbocycles. The van der Waals surface area contributed by atoms with Crippen LogP contribution in [0.25, 0.3) is 11.3 Å². The van der Waals surface area contributed by atoms with Gasteiger partial charge < -0.3 is 19.9 Å². The van der Waals surface area contributed by atoms with Gasteiger partial charge in [0.25, 0.3) is 5.91 Å². The number of benzene rings is 1. The predicted octanol–water partition coefficient (Wildman–Crippen LogP) is 4.04. The Hall–Kier alpha value is -3.39. The molecule has 8 nitrogen and oxygen atoms in total. The molecule has 0 radical (unpaired) electrons. The van der Waals surface area contributed by atoms with Crippen LogP contribution in [0.1, 0.15) is 28.8 Å². The molecule has 1 N–H and O–H groups in total. The molecule has 0 aliphatic heterocycles. The first-order valence-corrected chi connectivity index (χ1v) is 11.6. The number of pyridine rings is 1. The lowest BCUT2D eigenvalue weighted by Gasteiger charge is -2.23. The van der Waals surface area contributed by atoms with Gasteiger partial charge in [0.15, 0.2) is 0 Å². The Morgan fingerprint density at radius 2 is 1.94 bits per heavy atom. The quantitative estimate of drug-likeness (QED) is 0.494. The molecule has 0 atom stereocenters. The van der Waals surface area contributed by atoms with Crippen LogP contribution in [0.4, 0.5) is 11.5 Å². The standard InChI is InChI=1S/C25H29ClN6O2/c1-31(2)22-9-10-27-24(32(3)4)19(22)14-28-25(33)18-12-21(30-29-13-18)17-7-8-23(20(26)11-17)34-15-16-5-6-16/h7-13,16H,5-6,14-15H2,1-4H3,(H,28,33). The third kappa shape index (κ3) is 5.56. The third-order valence-electron chi connectivity index (χ3n) is 5.66. The summed E-state index contributed by atoms with van der Waals surface area (Å²) in [5, 5.41) is 11.7. The van der Waals surface area contributed by atoms with Gasteiger partial charge in [0, 0.05) is 57.7 Å². The summed E-state index contributed by atoms with van der Waals surface area (Å²) in [6.07, 6.45) is 5.65. The summed E-state index contributed by atoms with van der Waals surface area (Å²) < 4.78 is 5.80. The molecule has 1 saturated carbocycles. The van der Waals surface area contributed by atoms with Crippen molar-refractivity contribution in [2.24, 2.45) is 5.92 Å². The maximum Gasteiger partial charge on any atom is 0.253 e. The number of hydrogen-bond donors (Lipinski definition) is 1. The molecule has 0 spiro atoms. The van der Waals surface area contributed by atoms with Crippen LogP contribution in [-0.4, -0.2) is 55.9 Å². The number of rotatable bonds is 9. The predicted molar refractivity (Wildman–Crippen MR) is 135 cm³/mol. The molecule has 0 unspecified atom stereocenters. The van der Waals surface area contributed by atoms with Crippen LogP contribution in [0.3, 0.4) is 0 Å². The van der Waals surface area contributed by atoms with Crippen LogP contribution in [0.5, 0.6) is 5.75 Å². The molecule has 0 bridgehead atoms. The fourth-order valence-corrected chi connectivity index (χ4v) is 3.85. The highest BCUT2D eigenvalue weighted by Crippen LogP contribution is 2.33. The Bertz CT molecular complexity index is 1150. The van der Waals surface area contributed by atoms with Crippen molar-refractivity contribution in [2.45, 2.75) is 19.4 Å². The van der Waals surface area contributed by atoms with Crippen molar-refractivity contribution in [1.82, 2.24) is 20.5 Å². The van der Waals surface area contributed by atoms with Crippen LogP contribution in [-0.2, 0) is 6.54 Å². The molecule has 1 fully saturated rings.